The van der Waals surface area contributed by atoms with Gasteiger partial charge in [0.05, 0.1) is 51.8 Å². The summed E-state index contributed by atoms with van der Waals surface area (Å²) in [5, 5.41) is 0. The normalized spacial score (nSPS) is 36.3. The van der Waals surface area contributed by atoms with E-state index < -0.39 is 38.3 Å². The van der Waals surface area contributed by atoms with E-state index in [1.807, 2.05) is 6.92 Å². The Hall–Kier alpha value is -0.210. The maximum Gasteiger partial charge on any atom is 0.472 e. The molecule has 2 heterocycles. The van der Waals surface area contributed by atoms with Gasteiger partial charge in [-0.1, -0.05) is 0 Å². The highest BCUT2D eigenvalue weighted by Crippen LogP contribution is 2.48. The number of phosphoric acid groups is 1. The van der Waals surface area contributed by atoms with Gasteiger partial charge in [-0.3, -0.25) is 9.05 Å². The van der Waals surface area contributed by atoms with Crippen molar-refractivity contribution in [1.29, 1.82) is 0 Å². The van der Waals surface area contributed by atoms with Crippen LogP contribution >= 0.6 is 7.82 Å². The van der Waals surface area contributed by atoms with Gasteiger partial charge in [-0.25, -0.2) is 4.57 Å². The van der Waals surface area contributed by atoms with Crippen LogP contribution in [0, 0.1) is 0 Å². The van der Waals surface area contributed by atoms with Gasteiger partial charge in [-0.2, -0.15) is 0 Å². The van der Waals surface area contributed by atoms with Crippen molar-refractivity contribution in [2.24, 2.45) is 0 Å². The first-order valence-corrected chi connectivity index (χ1v) is 12.5. The molecule has 0 aromatic rings. The van der Waals surface area contributed by atoms with Crippen LogP contribution in [0.4, 0.5) is 0 Å². The van der Waals surface area contributed by atoms with Crippen LogP contribution in [-0.2, 0) is 51.5 Å². The van der Waals surface area contributed by atoms with E-state index in [0.29, 0.717) is 19.8 Å². The average Bonchev–Trinajstić information content (AvgIpc) is 3.23. The van der Waals surface area contributed by atoms with Crippen LogP contribution in [0.1, 0.15) is 13.8 Å². The molecule has 3 unspecified atom stereocenters. The zero-order valence-corrected chi connectivity index (χ0v) is 21.1. The molecule has 0 radical (unpaired) electrons. The molecule has 1 N–H and O–H groups in total. The van der Waals surface area contributed by atoms with Crippen molar-refractivity contribution >= 4 is 7.82 Å². The Morgan fingerprint density at radius 2 is 1.24 bits per heavy atom. The predicted molar refractivity (Wildman–Crippen MR) is 115 cm³/mol. The Bertz CT molecular complexity index is 595. The highest BCUT2D eigenvalue weighted by atomic mass is 31.2. The quantitative estimate of drug-likeness (QED) is 0.237. The second kappa shape index (κ2) is 14.4. The molecule has 9 atom stereocenters. The van der Waals surface area contributed by atoms with Crippen LogP contribution in [0.3, 0.4) is 0 Å². The maximum atomic E-state index is 12.8. The lowest BCUT2D eigenvalue weighted by Crippen LogP contribution is -2.39. The first-order valence-electron chi connectivity index (χ1n) is 11.0. The van der Waals surface area contributed by atoms with Crippen molar-refractivity contribution in [3.05, 3.63) is 0 Å². The minimum absolute atomic E-state index is 0.161. The molecule has 0 aromatic carbocycles. The molecule has 2 rings (SSSR count). The van der Waals surface area contributed by atoms with Crippen molar-refractivity contribution < 1.29 is 56.4 Å². The zero-order chi connectivity index (χ0) is 24.4. The van der Waals surface area contributed by atoms with Gasteiger partial charge < -0.3 is 42.8 Å². The fraction of sp³-hybridized carbons (Fsp3) is 1.00. The van der Waals surface area contributed by atoms with Crippen LogP contribution < -0.4 is 0 Å². The number of rotatable bonds is 16. The third-order valence-electron chi connectivity index (χ3n) is 5.54. The van der Waals surface area contributed by atoms with E-state index in [2.05, 4.69) is 0 Å². The minimum atomic E-state index is -4.50. The highest BCUT2D eigenvalue weighted by Gasteiger charge is 2.49. The largest absolute Gasteiger partial charge is 0.472 e. The number of methoxy groups -OCH3 is 4. The summed E-state index contributed by atoms with van der Waals surface area (Å²) in [6, 6.07) is 0. The molecule has 2 fully saturated rings. The van der Waals surface area contributed by atoms with Crippen LogP contribution in [-0.4, -0.2) is 122 Å². The van der Waals surface area contributed by atoms with Crippen molar-refractivity contribution in [1.82, 2.24) is 0 Å². The molecule has 0 aliphatic carbocycles. The molecular formula is C20H39O12P. The average molecular weight is 502 g/mol. The first kappa shape index (κ1) is 29.0. The summed E-state index contributed by atoms with van der Waals surface area (Å²) in [6.45, 7) is 5.01. The Kier molecular flexibility index (Phi) is 12.6. The van der Waals surface area contributed by atoms with Gasteiger partial charge in [-0.05, 0) is 13.8 Å². The molecule has 0 saturated carbocycles. The second-order valence-corrected chi connectivity index (χ2v) is 9.31. The van der Waals surface area contributed by atoms with Gasteiger partial charge in [-0.15, -0.1) is 0 Å². The molecule has 13 heteroatoms. The highest BCUT2D eigenvalue weighted by molar-refractivity contribution is 7.47. The van der Waals surface area contributed by atoms with Gasteiger partial charge in [0, 0.05) is 28.4 Å². The number of hydrogen-bond donors (Lipinski definition) is 1. The van der Waals surface area contributed by atoms with Gasteiger partial charge in [0.15, 0.2) is 0 Å². The smallest absolute Gasteiger partial charge is 0.382 e. The van der Waals surface area contributed by atoms with E-state index in [1.165, 1.54) is 14.2 Å². The summed E-state index contributed by atoms with van der Waals surface area (Å²) in [5.41, 5.74) is 0. The maximum absolute atomic E-state index is 12.8. The van der Waals surface area contributed by atoms with Crippen LogP contribution in [0.5, 0.6) is 0 Å². The molecule has 196 valence electrons. The fourth-order valence-electron chi connectivity index (χ4n) is 4.01. The van der Waals surface area contributed by atoms with Gasteiger partial charge in [0.25, 0.3) is 0 Å². The summed E-state index contributed by atoms with van der Waals surface area (Å²) < 4.78 is 67.6. The lowest BCUT2D eigenvalue weighted by Gasteiger charge is -2.26. The SMILES string of the molecule is COCCO[C@H]1C(OC)[C@@H](COP(=O)(O)OC2[C@@H](COC)O[C@@H](C)[C@H]2OCCOC)O[C@H]1C. The van der Waals surface area contributed by atoms with Gasteiger partial charge >= 0.3 is 7.82 Å². The Labute approximate surface area is 195 Å². The lowest BCUT2D eigenvalue weighted by atomic mass is 10.1. The van der Waals surface area contributed by atoms with Gasteiger partial charge in [0.1, 0.15) is 36.6 Å². The third-order valence-corrected chi connectivity index (χ3v) is 6.53. The van der Waals surface area contributed by atoms with E-state index in [0.717, 1.165) is 0 Å². The van der Waals surface area contributed by atoms with Crippen molar-refractivity contribution in [3.63, 3.8) is 0 Å². The summed E-state index contributed by atoms with van der Waals surface area (Å²) in [6.07, 6.45) is -4.23. The van der Waals surface area contributed by atoms with Crippen molar-refractivity contribution in [3.8, 4) is 0 Å². The van der Waals surface area contributed by atoms with E-state index in [4.69, 9.17) is 46.9 Å². The van der Waals surface area contributed by atoms with Crippen molar-refractivity contribution in [2.45, 2.75) is 62.7 Å². The lowest BCUT2D eigenvalue weighted by molar-refractivity contribution is -0.0663. The summed E-state index contributed by atoms with van der Waals surface area (Å²) in [5.74, 6) is 0. The van der Waals surface area contributed by atoms with E-state index in [1.54, 1.807) is 21.1 Å². The Balaban J connectivity index is 1.98. The van der Waals surface area contributed by atoms with Crippen LogP contribution in [0.25, 0.3) is 0 Å². The van der Waals surface area contributed by atoms with E-state index in [-0.39, 0.29) is 38.1 Å². The summed E-state index contributed by atoms with van der Waals surface area (Å²) >= 11 is 0. The van der Waals surface area contributed by atoms with E-state index >= 15 is 0 Å². The molecule has 2 aliphatic heterocycles. The standard InChI is InChI=1S/C20H39O12P/c1-13-17(27-9-7-23-3)19(26-6)16(31-13)12-29-33(21,22)32-20-15(11-25-5)30-14(2)18(20)28-10-8-24-4/h13-20H,7-12H2,1-6H3,(H,21,22)/t13-,14-,15+,16+,17+,18+,19?,20?/m0/s1. The number of ether oxygens (including phenoxy) is 8. The summed E-state index contributed by atoms with van der Waals surface area (Å²) in [7, 11) is 1.67. The molecule has 0 bridgehead atoms. The van der Waals surface area contributed by atoms with Gasteiger partial charge in [0.2, 0.25) is 0 Å². The molecule has 0 spiro atoms. The molecular weight excluding hydrogens is 463 g/mol. The third kappa shape index (κ3) is 8.45. The molecule has 2 aliphatic rings. The van der Waals surface area contributed by atoms with E-state index in [9.17, 15) is 9.46 Å². The fourth-order valence-corrected chi connectivity index (χ4v) is 4.97. The Morgan fingerprint density at radius 1 is 0.727 bits per heavy atom. The Morgan fingerprint density at radius 3 is 1.73 bits per heavy atom. The molecule has 0 amide bonds. The zero-order valence-electron chi connectivity index (χ0n) is 20.2. The van der Waals surface area contributed by atoms with Crippen LogP contribution in [0.2, 0.25) is 0 Å². The summed E-state index contributed by atoms with van der Waals surface area (Å²) in [4.78, 5) is 10.5. The minimum Gasteiger partial charge on any atom is -0.382 e. The molecule has 33 heavy (non-hydrogen) atoms. The molecule has 12 nitrogen and oxygen atoms in total. The van der Waals surface area contributed by atoms with Crippen LogP contribution in [0.15, 0.2) is 0 Å². The predicted octanol–water partition coefficient (Wildman–Crippen LogP) is 0.788. The van der Waals surface area contributed by atoms with Crippen molar-refractivity contribution in [2.75, 3.05) is 68.1 Å². The molecule has 0 aromatic heterocycles. The first-order chi connectivity index (χ1) is 15.8. The number of hydrogen-bond acceptors (Lipinski definition) is 11. The monoisotopic (exact) mass is 502 g/mol. The molecule has 2 saturated heterocycles. The topological polar surface area (TPSA) is 130 Å². The second-order valence-electron chi connectivity index (χ2n) is 7.91. The number of phosphoric ester groups is 1.